The number of rotatable bonds is 4. The minimum Gasteiger partial charge on any atom is -0.508 e. The monoisotopic (exact) mass is 295 g/mol. The molecular weight excluding hydrogens is 281 g/mol. The molecule has 0 heterocycles. The van der Waals surface area contributed by atoms with Crippen LogP contribution in [-0.2, 0) is 0 Å². The Kier molecular flexibility index (Phi) is 4.35. The van der Waals surface area contributed by atoms with Gasteiger partial charge in [0.25, 0.3) is 0 Å². The van der Waals surface area contributed by atoms with Gasteiger partial charge in [-0.25, -0.2) is 4.39 Å². The molecular formula is C15H15ClFNO2. The largest absolute Gasteiger partial charge is 0.508 e. The van der Waals surface area contributed by atoms with Gasteiger partial charge in [-0.3, -0.25) is 0 Å². The molecule has 0 aliphatic heterocycles. The van der Waals surface area contributed by atoms with Crippen LogP contribution in [0.15, 0.2) is 36.4 Å². The maximum atomic E-state index is 13.8. The maximum Gasteiger partial charge on any atom is 0.142 e. The number of ether oxygens (including phenoxy) is 1. The van der Waals surface area contributed by atoms with Gasteiger partial charge in [0.05, 0.1) is 18.8 Å². The van der Waals surface area contributed by atoms with Gasteiger partial charge in [-0.05, 0) is 31.2 Å². The number of aromatic hydroxyl groups is 1. The van der Waals surface area contributed by atoms with E-state index in [1.165, 1.54) is 6.07 Å². The van der Waals surface area contributed by atoms with Crippen LogP contribution >= 0.6 is 11.6 Å². The zero-order valence-electron chi connectivity index (χ0n) is 11.2. The number of nitrogens with one attached hydrogen (secondary N) is 1. The van der Waals surface area contributed by atoms with E-state index >= 15 is 0 Å². The Bertz CT molecular complexity index is 619. The quantitative estimate of drug-likeness (QED) is 0.880. The van der Waals surface area contributed by atoms with E-state index in [9.17, 15) is 9.50 Å². The molecule has 3 nitrogen and oxygen atoms in total. The van der Waals surface area contributed by atoms with E-state index in [2.05, 4.69) is 5.32 Å². The molecule has 0 spiro atoms. The van der Waals surface area contributed by atoms with Crippen molar-refractivity contribution in [2.24, 2.45) is 0 Å². The van der Waals surface area contributed by atoms with Crippen LogP contribution < -0.4 is 10.1 Å². The number of anilines is 1. The van der Waals surface area contributed by atoms with Crippen molar-refractivity contribution < 1.29 is 14.2 Å². The van der Waals surface area contributed by atoms with Crippen LogP contribution in [0.2, 0.25) is 5.02 Å². The first kappa shape index (κ1) is 14.5. The number of phenolic OH excluding ortho intramolecular Hbond substituents is 1. The van der Waals surface area contributed by atoms with Gasteiger partial charge >= 0.3 is 0 Å². The van der Waals surface area contributed by atoms with Crippen molar-refractivity contribution in [2.45, 2.75) is 13.0 Å². The highest BCUT2D eigenvalue weighted by Gasteiger charge is 2.13. The SMILES string of the molecule is COc1ccc(Cl)cc1NC(C)c1ccc(O)cc1F. The lowest BCUT2D eigenvalue weighted by Gasteiger charge is -2.18. The van der Waals surface area contributed by atoms with Crippen molar-refractivity contribution in [1.82, 2.24) is 0 Å². The summed E-state index contributed by atoms with van der Waals surface area (Å²) in [7, 11) is 1.56. The standard InChI is InChI=1S/C15H15ClFNO2/c1-9(12-5-4-11(19)8-13(12)17)18-14-7-10(16)3-6-15(14)20-2/h3-9,18-19H,1-2H3. The Morgan fingerprint density at radius 1 is 1.25 bits per heavy atom. The van der Waals surface area contributed by atoms with Crippen LogP contribution in [0.1, 0.15) is 18.5 Å². The number of methoxy groups -OCH3 is 1. The highest BCUT2D eigenvalue weighted by atomic mass is 35.5. The molecule has 0 aliphatic rings. The molecule has 0 saturated carbocycles. The second kappa shape index (κ2) is 6.01. The Hall–Kier alpha value is -1.94. The summed E-state index contributed by atoms with van der Waals surface area (Å²) in [4.78, 5) is 0. The molecule has 5 heteroatoms. The van der Waals surface area contributed by atoms with Gasteiger partial charge < -0.3 is 15.2 Å². The number of hydrogen-bond acceptors (Lipinski definition) is 3. The number of halogens is 2. The molecule has 1 unspecified atom stereocenters. The highest BCUT2D eigenvalue weighted by molar-refractivity contribution is 6.30. The third-order valence-corrected chi connectivity index (χ3v) is 3.22. The predicted octanol–water partition coefficient (Wildman–Crippen LogP) is 4.37. The van der Waals surface area contributed by atoms with Crippen molar-refractivity contribution in [3.8, 4) is 11.5 Å². The van der Waals surface area contributed by atoms with Gasteiger partial charge in [-0.15, -0.1) is 0 Å². The van der Waals surface area contributed by atoms with Gasteiger partial charge in [0.2, 0.25) is 0 Å². The first-order chi connectivity index (χ1) is 9.51. The average Bonchev–Trinajstić information content (AvgIpc) is 2.38. The number of benzene rings is 2. The fourth-order valence-corrected chi connectivity index (χ4v) is 2.14. The molecule has 1 atom stereocenters. The maximum absolute atomic E-state index is 13.8. The van der Waals surface area contributed by atoms with E-state index < -0.39 is 5.82 Å². The smallest absolute Gasteiger partial charge is 0.142 e. The van der Waals surface area contributed by atoms with E-state index in [4.69, 9.17) is 16.3 Å². The molecule has 0 fully saturated rings. The van der Waals surface area contributed by atoms with Crippen LogP contribution in [0, 0.1) is 5.82 Å². The predicted molar refractivity (Wildman–Crippen MR) is 78.1 cm³/mol. The molecule has 0 saturated heterocycles. The third kappa shape index (κ3) is 3.14. The Balaban J connectivity index is 2.27. The van der Waals surface area contributed by atoms with Crippen LogP contribution in [0.4, 0.5) is 10.1 Å². The summed E-state index contributed by atoms with van der Waals surface area (Å²) in [6.07, 6.45) is 0. The summed E-state index contributed by atoms with van der Waals surface area (Å²) < 4.78 is 19.0. The minimum absolute atomic E-state index is 0.0983. The Labute approximate surface area is 122 Å². The first-order valence-corrected chi connectivity index (χ1v) is 6.47. The third-order valence-electron chi connectivity index (χ3n) is 2.98. The molecule has 0 aromatic heterocycles. The van der Waals surface area contributed by atoms with E-state index in [0.29, 0.717) is 22.0 Å². The van der Waals surface area contributed by atoms with Crippen LogP contribution in [-0.4, -0.2) is 12.2 Å². The summed E-state index contributed by atoms with van der Waals surface area (Å²) in [6.45, 7) is 1.82. The van der Waals surface area contributed by atoms with E-state index in [-0.39, 0.29) is 11.8 Å². The molecule has 20 heavy (non-hydrogen) atoms. The molecule has 2 N–H and O–H groups in total. The van der Waals surface area contributed by atoms with E-state index in [1.807, 2.05) is 6.92 Å². The molecule has 0 radical (unpaired) electrons. The molecule has 0 amide bonds. The average molecular weight is 296 g/mol. The van der Waals surface area contributed by atoms with E-state index in [0.717, 1.165) is 6.07 Å². The number of phenols is 1. The van der Waals surface area contributed by atoms with Gasteiger partial charge in [-0.1, -0.05) is 17.7 Å². The molecule has 106 valence electrons. The summed E-state index contributed by atoms with van der Waals surface area (Å²) in [5, 5.41) is 12.9. The van der Waals surface area contributed by atoms with Crippen LogP contribution in [0.3, 0.4) is 0 Å². The zero-order chi connectivity index (χ0) is 14.7. The summed E-state index contributed by atoms with van der Waals surface area (Å²) >= 11 is 5.95. The van der Waals surface area contributed by atoms with Crippen molar-refractivity contribution in [3.05, 3.63) is 52.8 Å². The van der Waals surface area contributed by atoms with Crippen molar-refractivity contribution in [1.29, 1.82) is 0 Å². The lowest BCUT2D eigenvalue weighted by atomic mass is 10.1. The Morgan fingerprint density at radius 3 is 2.65 bits per heavy atom. The van der Waals surface area contributed by atoms with E-state index in [1.54, 1.807) is 31.4 Å². The van der Waals surface area contributed by atoms with Gasteiger partial charge in [0.1, 0.15) is 17.3 Å². The molecule has 2 aromatic rings. The molecule has 0 aliphatic carbocycles. The number of hydrogen-bond donors (Lipinski definition) is 2. The van der Waals surface area contributed by atoms with Crippen molar-refractivity contribution in [3.63, 3.8) is 0 Å². The molecule has 2 rings (SSSR count). The minimum atomic E-state index is -0.467. The first-order valence-electron chi connectivity index (χ1n) is 6.09. The molecule has 2 aromatic carbocycles. The second-order valence-electron chi connectivity index (χ2n) is 4.42. The zero-order valence-corrected chi connectivity index (χ0v) is 11.9. The fraction of sp³-hybridized carbons (Fsp3) is 0.200. The van der Waals surface area contributed by atoms with Crippen LogP contribution in [0.5, 0.6) is 11.5 Å². The summed E-state index contributed by atoms with van der Waals surface area (Å²) in [5.41, 5.74) is 1.13. The molecule has 0 bridgehead atoms. The van der Waals surface area contributed by atoms with Gasteiger partial charge in [0.15, 0.2) is 0 Å². The lowest BCUT2D eigenvalue weighted by Crippen LogP contribution is -2.09. The summed E-state index contributed by atoms with van der Waals surface area (Å²) in [6, 6.07) is 8.95. The van der Waals surface area contributed by atoms with Crippen molar-refractivity contribution >= 4 is 17.3 Å². The fourth-order valence-electron chi connectivity index (χ4n) is 1.97. The van der Waals surface area contributed by atoms with Crippen molar-refractivity contribution in [2.75, 3.05) is 12.4 Å². The summed E-state index contributed by atoms with van der Waals surface area (Å²) in [5.74, 6) is 0.0604. The highest BCUT2D eigenvalue weighted by Crippen LogP contribution is 2.32. The normalized spacial score (nSPS) is 12.0. The lowest BCUT2D eigenvalue weighted by molar-refractivity contribution is 0.416. The van der Waals surface area contributed by atoms with Gasteiger partial charge in [0, 0.05) is 16.7 Å². The topological polar surface area (TPSA) is 41.5 Å². The second-order valence-corrected chi connectivity index (χ2v) is 4.85. The Morgan fingerprint density at radius 2 is 2.00 bits per heavy atom. The van der Waals surface area contributed by atoms with Crippen LogP contribution in [0.25, 0.3) is 0 Å². The van der Waals surface area contributed by atoms with Gasteiger partial charge in [-0.2, -0.15) is 0 Å².